The number of piperidine rings is 1. The molecule has 1 saturated heterocycles. The summed E-state index contributed by atoms with van der Waals surface area (Å²) in [5, 5.41) is 15.5. The van der Waals surface area contributed by atoms with E-state index in [1.165, 1.54) is 6.20 Å². The van der Waals surface area contributed by atoms with Crippen molar-refractivity contribution in [3.8, 4) is 5.75 Å². The molecule has 1 aromatic heterocycles. The van der Waals surface area contributed by atoms with Gasteiger partial charge in [0.05, 0.1) is 17.9 Å². The molecule has 29 heavy (non-hydrogen) atoms. The van der Waals surface area contributed by atoms with Crippen molar-refractivity contribution in [3.63, 3.8) is 0 Å². The monoisotopic (exact) mass is 393 g/mol. The number of aromatic carboxylic acids is 1. The van der Waals surface area contributed by atoms with Crippen molar-refractivity contribution >= 4 is 22.6 Å². The lowest BCUT2D eigenvalue weighted by atomic mass is 10.0. The number of hydrogen-bond donors (Lipinski definition) is 1. The van der Waals surface area contributed by atoms with Crippen molar-refractivity contribution in [1.29, 1.82) is 0 Å². The molecule has 150 valence electrons. The molecule has 1 N–H and O–H groups in total. The molecular weight excluding hydrogens is 370 g/mol. The van der Waals surface area contributed by atoms with Crippen LogP contribution in [0.5, 0.6) is 5.75 Å². The van der Waals surface area contributed by atoms with E-state index in [4.69, 9.17) is 4.74 Å². The molecule has 0 spiro atoms. The maximum absolute atomic E-state index is 12.6. The van der Waals surface area contributed by atoms with Crippen molar-refractivity contribution in [1.82, 2.24) is 14.7 Å². The zero-order chi connectivity index (χ0) is 20.4. The van der Waals surface area contributed by atoms with Gasteiger partial charge in [0.2, 0.25) is 0 Å². The first-order valence-electron chi connectivity index (χ1n) is 9.70. The summed E-state index contributed by atoms with van der Waals surface area (Å²) in [6, 6.07) is 13.8. The third-order valence-corrected chi connectivity index (χ3v) is 5.54. The van der Waals surface area contributed by atoms with Crippen LogP contribution in [0.2, 0.25) is 0 Å². The molecule has 0 saturated carbocycles. The van der Waals surface area contributed by atoms with E-state index in [0.29, 0.717) is 24.5 Å². The number of hydrogen-bond acceptors (Lipinski definition) is 4. The molecule has 2 heterocycles. The Labute approximate surface area is 168 Å². The first kappa shape index (κ1) is 19.0. The lowest BCUT2D eigenvalue weighted by molar-refractivity contribution is -0.134. The van der Waals surface area contributed by atoms with Crippen LogP contribution >= 0.6 is 0 Å². The SMILES string of the molecule is Cc1c(C(=O)O)cnn1C1CCN(C(=O)COc2cccc3ccccc23)CC1. The van der Waals surface area contributed by atoms with E-state index in [0.717, 1.165) is 23.6 Å². The smallest absolute Gasteiger partial charge is 0.339 e. The van der Waals surface area contributed by atoms with Crippen molar-refractivity contribution < 1.29 is 19.4 Å². The van der Waals surface area contributed by atoms with Crippen LogP contribution in [-0.4, -0.2) is 51.4 Å². The maximum Gasteiger partial charge on any atom is 0.339 e. The van der Waals surface area contributed by atoms with Crippen molar-refractivity contribution in [3.05, 3.63) is 59.9 Å². The number of likely N-dealkylation sites (tertiary alicyclic amines) is 1. The number of aromatic nitrogens is 2. The van der Waals surface area contributed by atoms with E-state index >= 15 is 0 Å². The van der Waals surface area contributed by atoms with Crippen LogP contribution in [-0.2, 0) is 4.79 Å². The lowest BCUT2D eigenvalue weighted by Crippen LogP contribution is -2.41. The first-order chi connectivity index (χ1) is 14.0. The Kier molecular flexibility index (Phi) is 5.20. The van der Waals surface area contributed by atoms with Gasteiger partial charge in [0.25, 0.3) is 5.91 Å². The average molecular weight is 393 g/mol. The van der Waals surface area contributed by atoms with E-state index in [1.807, 2.05) is 42.5 Å². The Balaban J connectivity index is 1.35. The number of nitrogens with zero attached hydrogens (tertiary/aromatic N) is 3. The van der Waals surface area contributed by atoms with E-state index in [2.05, 4.69) is 5.10 Å². The number of amides is 1. The highest BCUT2D eigenvalue weighted by atomic mass is 16.5. The van der Waals surface area contributed by atoms with Gasteiger partial charge in [0.15, 0.2) is 6.61 Å². The summed E-state index contributed by atoms with van der Waals surface area (Å²) in [6.45, 7) is 2.98. The van der Waals surface area contributed by atoms with Gasteiger partial charge in [-0.2, -0.15) is 5.10 Å². The zero-order valence-electron chi connectivity index (χ0n) is 16.2. The minimum atomic E-state index is -0.966. The van der Waals surface area contributed by atoms with Gasteiger partial charge in [-0.1, -0.05) is 36.4 Å². The van der Waals surface area contributed by atoms with Crippen molar-refractivity contribution in [2.75, 3.05) is 19.7 Å². The highest BCUT2D eigenvalue weighted by molar-refractivity contribution is 5.89. The minimum Gasteiger partial charge on any atom is -0.483 e. The predicted octanol–water partition coefficient (Wildman–Crippen LogP) is 3.29. The fourth-order valence-corrected chi connectivity index (χ4v) is 3.91. The molecule has 0 atom stereocenters. The third kappa shape index (κ3) is 3.81. The average Bonchev–Trinajstić information content (AvgIpc) is 3.13. The second-order valence-electron chi connectivity index (χ2n) is 7.27. The minimum absolute atomic E-state index is 0.00261. The number of fused-ring (bicyclic) bond motifs is 1. The summed E-state index contributed by atoms with van der Waals surface area (Å²) in [5.74, 6) is -0.300. The summed E-state index contributed by atoms with van der Waals surface area (Å²) < 4.78 is 7.60. The van der Waals surface area contributed by atoms with Gasteiger partial charge in [-0.05, 0) is 31.2 Å². The molecule has 1 aliphatic heterocycles. The number of benzene rings is 2. The molecule has 3 aromatic rings. The molecule has 0 aliphatic carbocycles. The predicted molar refractivity (Wildman–Crippen MR) is 108 cm³/mol. The van der Waals surface area contributed by atoms with Gasteiger partial charge in [-0.25, -0.2) is 4.79 Å². The van der Waals surface area contributed by atoms with Crippen LogP contribution in [0.4, 0.5) is 0 Å². The van der Waals surface area contributed by atoms with E-state index in [1.54, 1.807) is 16.5 Å². The molecule has 7 nitrogen and oxygen atoms in total. The Morgan fingerprint density at radius 2 is 1.86 bits per heavy atom. The largest absolute Gasteiger partial charge is 0.483 e. The molecule has 1 aliphatic rings. The van der Waals surface area contributed by atoms with Gasteiger partial charge < -0.3 is 14.7 Å². The standard InChI is InChI=1S/C22H23N3O4/c1-15-19(22(27)28)13-23-25(15)17-9-11-24(12-10-17)21(26)14-29-20-8-4-6-16-5-2-3-7-18(16)20/h2-8,13,17H,9-12,14H2,1H3,(H,27,28). The normalized spacial score (nSPS) is 14.9. The Morgan fingerprint density at radius 3 is 2.59 bits per heavy atom. The molecule has 2 aromatic carbocycles. The maximum atomic E-state index is 12.6. The molecule has 4 rings (SSSR count). The molecule has 0 unspecified atom stereocenters. The number of ether oxygens (including phenoxy) is 1. The second kappa shape index (κ2) is 7.95. The van der Waals surface area contributed by atoms with Gasteiger partial charge in [-0.3, -0.25) is 9.48 Å². The summed E-state index contributed by atoms with van der Waals surface area (Å²) in [5.41, 5.74) is 0.883. The topological polar surface area (TPSA) is 84.7 Å². The lowest BCUT2D eigenvalue weighted by Gasteiger charge is -2.32. The molecular formula is C22H23N3O4. The highest BCUT2D eigenvalue weighted by Crippen LogP contribution is 2.27. The molecule has 1 fully saturated rings. The fraction of sp³-hybridized carbons (Fsp3) is 0.318. The van der Waals surface area contributed by atoms with Crippen LogP contribution in [0.25, 0.3) is 10.8 Å². The van der Waals surface area contributed by atoms with Crippen LogP contribution in [0.1, 0.15) is 34.9 Å². The Morgan fingerprint density at radius 1 is 1.14 bits per heavy atom. The molecule has 1 amide bonds. The van der Waals surface area contributed by atoms with Crippen LogP contribution in [0, 0.1) is 6.92 Å². The van der Waals surface area contributed by atoms with Crippen LogP contribution in [0.3, 0.4) is 0 Å². The van der Waals surface area contributed by atoms with E-state index < -0.39 is 5.97 Å². The zero-order valence-corrected chi connectivity index (χ0v) is 16.2. The quantitative estimate of drug-likeness (QED) is 0.719. The molecule has 0 bridgehead atoms. The summed E-state index contributed by atoms with van der Waals surface area (Å²) in [6.07, 6.45) is 2.87. The fourth-order valence-electron chi connectivity index (χ4n) is 3.91. The van der Waals surface area contributed by atoms with Gasteiger partial charge in [0.1, 0.15) is 11.3 Å². The van der Waals surface area contributed by atoms with Crippen LogP contribution in [0.15, 0.2) is 48.7 Å². The van der Waals surface area contributed by atoms with Crippen molar-refractivity contribution in [2.24, 2.45) is 0 Å². The van der Waals surface area contributed by atoms with Gasteiger partial charge in [-0.15, -0.1) is 0 Å². The van der Waals surface area contributed by atoms with Crippen molar-refractivity contribution in [2.45, 2.75) is 25.8 Å². The molecule has 0 radical (unpaired) electrons. The molecule has 7 heteroatoms. The van der Waals surface area contributed by atoms with Gasteiger partial charge in [0, 0.05) is 18.5 Å². The summed E-state index contributed by atoms with van der Waals surface area (Å²) >= 11 is 0. The van der Waals surface area contributed by atoms with E-state index in [-0.39, 0.29) is 24.1 Å². The Hall–Kier alpha value is -3.35. The highest BCUT2D eigenvalue weighted by Gasteiger charge is 2.26. The van der Waals surface area contributed by atoms with E-state index in [9.17, 15) is 14.7 Å². The third-order valence-electron chi connectivity index (χ3n) is 5.54. The van der Waals surface area contributed by atoms with Crippen LogP contribution < -0.4 is 4.74 Å². The van der Waals surface area contributed by atoms with Gasteiger partial charge >= 0.3 is 5.97 Å². The Bertz CT molecular complexity index is 1050. The first-order valence-corrected chi connectivity index (χ1v) is 9.70. The number of rotatable bonds is 5. The summed E-state index contributed by atoms with van der Waals surface area (Å²) in [7, 11) is 0. The summed E-state index contributed by atoms with van der Waals surface area (Å²) in [4.78, 5) is 25.6. The number of carboxylic acid groups (broad SMARTS) is 1. The number of carbonyl (C=O) groups excluding carboxylic acids is 1. The number of carbonyl (C=O) groups is 2. The second-order valence-corrected chi connectivity index (χ2v) is 7.27. The number of carboxylic acids is 1.